The second kappa shape index (κ2) is 5.73. The van der Waals surface area contributed by atoms with Gasteiger partial charge in [-0.3, -0.25) is 4.79 Å². The van der Waals surface area contributed by atoms with E-state index in [1.807, 2.05) is 0 Å². The normalized spacial score (nSPS) is 18.2. The molecule has 0 radical (unpaired) electrons. The maximum absolute atomic E-state index is 11.6. The largest absolute Gasteiger partial charge is 0.493 e. The van der Waals surface area contributed by atoms with E-state index in [-0.39, 0.29) is 5.78 Å². The summed E-state index contributed by atoms with van der Waals surface area (Å²) in [7, 11) is 2.80. The first-order valence-electron chi connectivity index (χ1n) is 6.11. The van der Waals surface area contributed by atoms with Gasteiger partial charge >= 0.3 is 5.97 Å². The summed E-state index contributed by atoms with van der Waals surface area (Å²) in [4.78, 5) is 23.0. The Morgan fingerprint density at radius 1 is 1.26 bits per heavy atom. The molecule has 0 spiro atoms. The summed E-state index contributed by atoms with van der Waals surface area (Å²) in [5.41, 5.74) is 0.379. The summed E-state index contributed by atoms with van der Waals surface area (Å²) in [5.74, 6) is 0.555. The van der Waals surface area contributed by atoms with E-state index >= 15 is 0 Å². The molecule has 0 heterocycles. The van der Waals surface area contributed by atoms with E-state index in [0.29, 0.717) is 23.5 Å². The zero-order chi connectivity index (χ0) is 13.8. The number of Topliss-reactive ketones (excluding diaryl/α,β-unsaturated/α-hetero) is 1. The average Bonchev–Trinajstić information content (AvgIpc) is 2.84. The Kier molecular flexibility index (Phi) is 4.04. The minimum absolute atomic E-state index is 0.110. The fourth-order valence-electron chi connectivity index (χ4n) is 2.07. The number of hydrogen-bond acceptors (Lipinski definition) is 5. The van der Waals surface area contributed by atoms with E-state index in [2.05, 4.69) is 4.74 Å². The van der Waals surface area contributed by atoms with Crippen molar-refractivity contribution in [2.24, 2.45) is 0 Å². The lowest BCUT2D eigenvalue weighted by atomic mass is 10.2. The number of carbonyl (C=O) groups excluding carboxylic acids is 2. The van der Waals surface area contributed by atoms with Gasteiger partial charge in [0, 0.05) is 6.42 Å². The third-order valence-electron chi connectivity index (χ3n) is 3.10. The molecule has 0 bridgehead atoms. The smallest absolute Gasteiger partial charge is 0.337 e. The molecule has 1 aliphatic carbocycles. The number of carbonyl (C=O) groups is 2. The zero-order valence-electron chi connectivity index (χ0n) is 11.0. The van der Waals surface area contributed by atoms with E-state index in [9.17, 15) is 9.59 Å². The lowest BCUT2D eigenvalue weighted by molar-refractivity contribution is -0.123. The van der Waals surface area contributed by atoms with E-state index in [0.717, 1.165) is 12.8 Å². The highest BCUT2D eigenvalue weighted by Gasteiger charge is 2.27. The molecule has 102 valence electrons. The molecule has 0 aromatic heterocycles. The molecule has 1 aromatic rings. The highest BCUT2D eigenvalue weighted by atomic mass is 16.5. The number of ketones is 1. The Morgan fingerprint density at radius 2 is 2.05 bits per heavy atom. The molecule has 2 rings (SSSR count). The van der Waals surface area contributed by atoms with Crippen LogP contribution in [0, 0.1) is 0 Å². The lowest BCUT2D eigenvalue weighted by Gasteiger charge is -2.15. The molecule has 19 heavy (non-hydrogen) atoms. The molecule has 0 amide bonds. The van der Waals surface area contributed by atoms with Crippen LogP contribution < -0.4 is 9.47 Å². The number of ether oxygens (including phenoxy) is 3. The van der Waals surface area contributed by atoms with Crippen molar-refractivity contribution in [2.75, 3.05) is 14.2 Å². The van der Waals surface area contributed by atoms with Gasteiger partial charge in [0.15, 0.2) is 23.4 Å². The van der Waals surface area contributed by atoms with Crippen LogP contribution in [0.25, 0.3) is 0 Å². The van der Waals surface area contributed by atoms with Gasteiger partial charge < -0.3 is 14.2 Å². The van der Waals surface area contributed by atoms with Gasteiger partial charge in [0.2, 0.25) is 0 Å². The number of rotatable bonds is 4. The molecule has 1 aliphatic rings. The van der Waals surface area contributed by atoms with Gasteiger partial charge in [-0.2, -0.15) is 0 Å². The van der Waals surface area contributed by atoms with Crippen molar-refractivity contribution in [2.45, 2.75) is 25.4 Å². The Bertz CT molecular complexity index is 495. The van der Waals surface area contributed by atoms with E-state index in [4.69, 9.17) is 9.47 Å². The van der Waals surface area contributed by atoms with Crippen LogP contribution in [-0.4, -0.2) is 32.1 Å². The molecular formula is C14H16O5. The van der Waals surface area contributed by atoms with Crippen molar-refractivity contribution in [3.8, 4) is 11.5 Å². The Hall–Kier alpha value is -2.04. The van der Waals surface area contributed by atoms with E-state index in [1.54, 1.807) is 18.2 Å². The predicted molar refractivity (Wildman–Crippen MR) is 67.6 cm³/mol. The quantitative estimate of drug-likeness (QED) is 0.778. The Labute approximate surface area is 111 Å². The lowest BCUT2D eigenvalue weighted by Crippen LogP contribution is -2.21. The topological polar surface area (TPSA) is 61.8 Å². The van der Waals surface area contributed by atoms with Crippen LogP contribution in [0.3, 0.4) is 0 Å². The summed E-state index contributed by atoms with van der Waals surface area (Å²) in [6.07, 6.45) is 1.73. The predicted octanol–water partition coefficient (Wildman–Crippen LogP) is 1.98. The molecule has 0 saturated heterocycles. The van der Waals surface area contributed by atoms with Crippen LogP contribution in [0.2, 0.25) is 0 Å². The molecule has 1 saturated carbocycles. The molecule has 5 nitrogen and oxygen atoms in total. The fraction of sp³-hybridized carbons (Fsp3) is 0.429. The summed E-state index contributed by atoms with van der Waals surface area (Å²) in [6, 6.07) is 4.75. The standard InChI is InChI=1S/C14H16O5/c1-17-13-8-9(14(16)18-2)6-7-12(13)19-11-5-3-4-10(11)15/h6-8,11H,3-5H2,1-2H3. The zero-order valence-corrected chi connectivity index (χ0v) is 11.0. The summed E-state index contributed by atoms with van der Waals surface area (Å²) in [6.45, 7) is 0. The Morgan fingerprint density at radius 3 is 2.63 bits per heavy atom. The van der Waals surface area contributed by atoms with E-state index < -0.39 is 12.1 Å². The van der Waals surface area contributed by atoms with Crippen LogP contribution in [0.1, 0.15) is 29.6 Å². The second-order valence-corrected chi connectivity index (χ2v) is 4.32. The van der Waals surface area contributed by atoms with Crippen LogP contribution in [-0.2, 0) is 9.53 Å². The molecule has 0 aliphatic heterocycles. The van der Waals surface area contributed by atoms with Gasteiger partial charge in [-0.15, -0.1) is 0 Å². The average molecular weight is 264 g/mol. The van der Waals surface area contributed by atoms with Crippen molar-refractivity contribution in [1.29, 1.82) is 0 Å². The molecule has 1 atom stereocenters. The van der Waals surface area contributed by atoms with Crippen molar-refractivity contribution < 1.29 is 23.8 Å². The second-order valence-electron chi connectivity index (χ2n) is 4.32. The highest BCUT2D eigenvalue weighted by molar-refractivity contribution is 5.90. The van der Waals surface area contributed by atoms with Crippen LogP contribution in [0.4, 0.5) is 0 Å². The number of benzene rings is 1. The fourth-order valence-corrected chi connectivity index (χ4v) is 2.07. The monoisotopic (exact) mass is 264 g/mol. The maximum atomic E-state index is 11.6. The first-order chi connectivity index (χ1) is 9.15. The Balaban J connectivity index is 2.20. The summed E-state index contributed by atoms with van der Waals surface area (Å²) >= 11 is 0. The van der Waals surface area contributed by atoms with Gasteiger partial charge in [-0.05, 0) is 31.0 Å². The SMILES string of the molecule is COC(=O)c1ccc(OC2CCCC2=O)c(OC)c1. The van der Waals surface area contributed by atoms with Gasteiger partial charge in [0.1, 0.15) is 0 Å². The maximum Gasteiger partial charge on any atom is 0.337 e. The first-order valence-corrected chi connectivity index (χ1v) is 6.11. The highest BCUT2D eigenvalue weighted by Crippen LogP contribution is 2.31. The van der Waals surface area contributed by atoms with Crippen LogP contribution in [0.5, 0.6) is 11.5 Å². The number of hydrogen-bond donors (Lipinski definition) is 0. The molecular weight excluding hydrogens is 248 g/mol. The minimum atomic E-state index is -0.443. The third-order valence-corrected chi connectivity index (χ3v) is 3.10. The first kappa shape index (κ1) is 13.4. The number of esters is 1. The molecule has 1 fully saturated rings. The molecule has 5 heteroatoms. The van der Waals surface area contributed by atoms with Crippen molar-refractivity contribution >= 4 is 11.8 Å². The van der Waals surface area contributed by atoms with E-state index in [1.165, 1.54) is 14.2 Å². The summed E-state index contributed by atoms with van der Waals surface area (Å²) in [5, 5.41) is 0. The van der Waals surface area contributed by atoms with Crippen LogP contribution >= 0.6 is 0 Å². The van der Waals surface area contributed by atoms with Crippen molar-refractivity contribution in [1.82, 2.24) is 0 Å². The third kappa shape index (κ3) is 2.86. The van der Waals surface area contributed by atoms with Crippen molar-refractivity contribution in [3.05, 3.63) is 23.8 Å². The van der Waals surface area contributed by atoms with Gasteiger partial charge in [0.05, 0.1) is 19.8 Å². The van der Waals surface area contributed by atoms with Crippen molar-refractivity contribution in [3.63, 3.8) is 0 Å². The van der Waals surface area contributed by atoms with Crippen LogP contribution in [0.15, 0.2) is 18.2 Å². The molecule has 0 N–H and O–H groups in total. The molecule has 1 aromatic carbocycles. The molecule has 1 unspecified atom stereocenters. The van der Waals surface area contributed by atoms with Gasteiger partial charge in [0.25, 0.3) is 0 Å². The number of methoxy groups -OCH3 is 2. The van der Waals surface area contributed by atoms with Gasteiger partial charge in [-0.1, -0.05) is 0 Å². The van der Waals surface area contributed by atoms with Gasteiger partial charge in [-0.25, -0.2) is 4.79 Å². The minimum Gasteiger partial charge on any atom is -0.493 e. The summed E-state index contributed by atoms with van der Waals surface area (Å²) < 4.78 is 15.5.